The molecule has 4 atom stereocenters. The van der Waals surface area contributed by atoms with Gasteiger partial charge in [0.2, 0.25) is 0 Å². The maximum atomic E-state index is 12.5. The molecule has 1 aliphatic heterocycles. The first-order valence-electron chi connectivity index (χ1n) is 6.48. The van der Waals surface area contributed by atoms with Gasteiger partial charge in [0.05, 0.1) is 5.25 Å². The van der Waals surface area contributed by atoms with E-state index in [2.05, 4.69) is 36.5 Å². The first kappa shape index (κ1) is 11.4. The van der Waals surface area contributed by atoms with Crippen LogP contribution in [0.25, 0.3) is 0 Å². The molecule has 0 radical (unpaired) electrons. The highest BCUT2D eigenvalue weighted by molar-refractivity contribution is 7.86. The van der Waals surface area contributed by atoms with Gasteiger partial charge in [-0.25, -0.2) is 0 Å². The van der Waals surface area contributed by atoms with Gasteiger partial charge < -0.3 is 5.32 Å². The number of aryl methyl sites for hydroxylation is 1. The highest BCUT2D eigenvalue weighted by Gasteiger charge is 2.36. The minimum Gasteiger partial charge on any atom is -0.309 e. The molecule has 0 aromatic heterocycles. The van der Waals surface area contributed by atoms with E-state index in [1.807, 2.05) is 0 Å². The Morgan fingerprint density at radius 3 is 3.00 bits per heavy atom. The molecule has 3 heteroatoms. The summed E-state index contributed by atoms with van der Waals surface area (Å²) in [6.07, 6.45) is 3.17. The Balaban J connectivity index is 2.00. The van der Waals surface area contributed by atoms with Crippen molar-refractivity contribution in [2.75, 3.05) is 6.54 Å². The van der Waals surface area contributed by atoms with Crippen molar-refractivity contribution in [2.45, 2.75) is 42.7 Å². The molecule has 1 aromatic carbocycles. The van der Waals surface area contributed by atoms with Crippen molar-refractivity contribution < 1.29 is 4.21 Å². The van der Waals surface area contributed by atoms with Crippen LogP contribution in [0.3, 0.4) is 0 Å². The predicted octanol–water partition coefficient (Wildman–Crippen LogP) is 2.17. The lowest BCUT2D eigenvalue weighted by molar-refractivity contribution is 0.475. The number of benzene rings is 1. The SMILES string of the molecule is CC1CCNC2c3ccccc3CCC2S1=O. The zero-order valence-corrected chi connectivity index (χ0v) is 11.0. The van der Waals surface area contributed by atoms with Gasteiger partial charge in [-0.2, -0.15) is 0 Å². The maximum absolute atomic E-state index is 12.5. The van der Waals surface area contributed by atoms with Crippen LogP contribution in [-0.4, -0.2) is 21.3 Å². The van der Waals surface area contributed by atoms with Crippen LogP contribution in [0.5, 0.6) is 0 Å². The van der Waals surface area contributed by atoms with Gasteiger partial charge in [-0.1, -0.05) is 31.2 Å². The lowest BCUT2D eigenvalue weighted by Gasteiger charge is -2.32. The molecule has 0 amide bonds. The molecule has 1 aliphatic carbocycles. The molecule has 1 heterocycles. The van der Waals surface area contributed by atoms with Crippen LogP contribution in [0.15, 0.2) is 24.3 Å². The first-order chi connectivity index (χ1) is 8.27. The Bertz CT molecular complexity index is 446. The third kappa shape index (κ3) is 1.95. The lowest BCUT2D eigenvalue weighted by Crippen LogP contribution is -2.37. The third-order valence-corrected chi connectivity index (χ3v) is 6.20. The zero-order valence-electron chi connectivity index (χ0n) is 10.2. The van der Waals surface area contributed by atoms with Gasteiger partial charge in [-0.05, 0) is 36.9 Å². The van der Waals surface area contributed by atoms with E-state index in [1.54, 1.807) is 0 Å². The van der Waals surface area contributed by atoms with Crippen molar-refractivity contribution in [3.8, 4) is 0 Å². The molecular formula is C14H19NOS. The minimum absolute atomic E-state index is 0.308. The summed E-state index contributed by atoms with van der Waals surface area (Å²) in [7, 11) is -0.689. The molecule has 1 saturated heterocycles. The van der Waals surface area contributed by atoms with E-state index in [-0.39, 0.29) is 0 Å². The van der Waals surface area contributed by atoms with E-state index in [4.69, 9.17) is 0 Å². The van der Waals surface area contributed by atoms with Crippen molar-refractivity contribution in [1.29, 1.82) is 0 Å². The Hall–Kier alpha value is -0.670. The summed E-state index contributed by atoms with van der Waals surface area (Å²) in [5, 5.41) is 4.25. The number of nitrogens with one attached hydrogen (secondary N) is 1. The molecule has 3 rings (SSSR count). The first-order valence-corrected chi connectivity index (χ1v) is 7.75. The van der Waals surface area contributed by atoms with E-state index in [0.29, 0.717) is 16.5 Å². The molecular weight excluding hydrogens is 230 g/mol. The predicted molar refractivity (Wildman–Crippen MR) is 71.5 cm³/mol. The van der Waals surface area contributed by atoms with Crippen LogP contribution >= 0.6 is 0 Å². The van der Waals surface area contributed by atoms with Gasteiger partial charge >= 0.3 is 0 Å². The molecule has 2 aliphatic rings. The smallest absolute Gasteiger partial charge is 0.0548 e. The lowest BCUT2D eigenvalue weighted by atomic mass is 9.87. The standard InChI is InChI=1S/C14H19NOS/c1-10-8-9-15-14-12-5-3-2-4-11(12)6-7-13(14)17(10)16/h2-5,10,13-15H,6-9H2,1H3. The van der Waals surface area contributed by atoms with Gasteiger partial charge in [0.15, 0.2) is 0 Å². The molecule has 1 aromatic rings. The van der Waals surface area contributed by atoms with Crippen LogP contribution in [0.4, 0.5) is 0 Å². The van der Waals surface area contributed by atoms with Crippen molar-refractivity contribution in [3.05, 3.63) is 35.4 Å². The van der Waals surface area contributed by atoms with Gasteiger partial charge in [0.25, 0.3) is 0 Å². The Labute approximate surface area is 105 Å². The van der Waals surface area contributed by atoms with Crippen LogP contribution in [-0.2, 0) is 17.2 Å². The van der Waals surface area contributed by atoms with Crippen LogP contribution in [0.2, 0.25) is 0 Å². The topological polar surface area (TPSA) is 29.1 Å². The molecule has 0 saturated carbocycles. The summed E-state index contributed by atoms with van der Waals surface area (Å²) in [6, 6.07) is 8.93. The van der Waals surface area contributed by atoms with Gasteiger partial charge in [-0.15, -0.1) is 0 Å². The Kier molecular flexibility index (Phi) is 3.05. The summed E-state index contributed by atoms with van der Waals surface area (Å²) < 4.78 is 12.5. The van der Waals surface area contributed by atoms with Gasteiger partial charge in [0, 0.05) is 22.1 Å². The molecule has 1 N–H and O–H groups in total. The van der Waals surface area contributed by atoms with Crippen molar-refractivity contribution in [1.82, 2.24) is 5.32 Å². The average molecular weight is 249 g/mol. The monoisotopic (exact) mass is 249 g/mol. The normalized spacial score (nSPS) is 36.8. The summed E-state index contributed by atoms with van der Waals surface area (Å²) in [6.45, 7) is 3.11. The van der Waals surface area contributed by atoms with Gasteiger partial charge in [-0.3, -0.25) is 4.21 Å². The fraction of sp³-hybridized carbons (Fsp3) is 0.571. The summed E-state index contributed by atoms with van der Waals surface area (Å²) in [5.74, 6) is 0. The summed E-state index contributed by atoms with van der Waals surface area (Å²) in [4.78, 5) is 0. The summed E-state index contributed by atoms with van der Waals surface area (Å²) >= 11 is 0. The largest absolute Gasteiger partial charge is 0.309 e. The number of rotatable bonds is 0. The average Bonchev–Trinajstić information content (AvgIpc) is 2.51. The van der Waals surface area contributed by atoms with E-state index in [9.17, 15) is 4.21 Å². The molecule has 0 spiro atoms. The number of hydrogen-bond acceptors (Lipinski definition) is 2. The number of fused-ring (bicyclic) bond motifs is 3. The van der Waals surface area contributed by atoms with Crippen LogP contribution in [0.1, 0.15) is 36.9 Å². The Morgan fingerprint density at radius 2 is 2.12 bits per heavy atom. The third-order valence-electron chi connectivity index (χ3n) is 4.07. The van der Waals surface area contributed by atoms with E-state index in [0.717, 1.165) is 25.8 Å². The second kappa shape index (κ2) is 4.54. The minimum atomic E-state index is -0.689. The van der Waals surface area contributed by atoms with E-state index >= 15 is 0 Å². The fourth-order valence-electron chi connectivity index (χ4n) is 3.08. The molecule has 4 unspecified atom stereocenters. The highest BCUT2D eigenvalue weighted by Crippen LogP contribution is 2.35. The second-order valence-electron chi connectivity index (χ2n) is 5.14. The van der Waals surface area contributed by atoms with E-state index < -0.39 is 10.8 Å². The van der Waals surface area contributed by atoms with Gasteiger partial charge in [0.1, 0.15) is 0 Å². The van der Waals surface area contributed by atoms with E-state index in [1.165, 1.54) is 11.1 Å². The molecule has 17 heavy (non-hydrogen) atoms. The second-order valence-corrected chi connectivity index (χ2v) is 7.20. The highest BCUT2D eigenvalue weighted by atomic mass is 32.2. The quantitative estimate of drug-likeness (QED) is 0.763. The van der Waals surface area contributed by atoms with Crippen LogP contribution < -0.4 is 5.32 Å². The maximum Gasteiger partial charge on any atom is 0.0548 e. The van der Waals surface area contributed by atoms with Crippen molar-refractivity contribution in [3.63, 3.8) is 0 Å². The zero-order chi connectivity index (χ0) is 11.8. The molecule has 1 fully saturated rings. The molecule has 92 valence electrons. The molecule has 0 bridgehead atoms. The summed E-state index contributed by atoms with van der Waals surface area (Å²) in [5.41, 5.74) is 2.82. The Morgan fingerprint density at radius 1 is 1.29 bits per heavy atom. The van der Waals surface area contributed by atoms with Crippen LogP contribution in [0, 0.1) is 0 Å². The van der Waals surface area contributed by atoms with Crippen molar-refractivity contribution >= 4 is 10.8 Å². The number of hydrogen-bond donors (Lipinski definition) is 1. The molecule has 2 nitrogen and oxygen atoms in total. The van der Waals surface area contributed by atoms with Crippen molar-refractivity contribution in [2.24, 2.45) is 0 Å². The fourth-order valence-corrected chi connectivity index (χ4v) is 4.89.